The van der Waals surface area contributed by atoms with Crippen molar-refractivity contribution in [2.24, 2.45) is 0 Å². The summed E-state index contributed by atoms with van der Waals surface area (Å²) in [5.74, 6) is 0. The van der Waals surface area contributed by atoms with Gasteiger partial charge in [0.05, 0.1) is 10.6 Å². The lowest BCUT2D eigenvalue weighted by atomic mass is 10.1. The maximum atomic E-state index is 9.32. The zero-order valence-corrected chi connectivity index (χ0v) is 13.4. The summed E-state index contributed by atoms with van der Waals surface area (Å²) >= 11 is 5.02. The molecule has 0 saturated heterocycles. The number of hydrogen-bond donors (Lipinski definition) is 1. The highest BCUT2D eigenvalue weighted by molar-refractivity contribution is 9.10. The van der Waals surface area contributed by atoms with E-state index in [1.807, 2.05) is 60.7 Å². The molecule has 1 N–H and O–H groups in total. The first kappa shape index (κ1) is 14.0. The molecule has 2 aromatic carbocycles. The van der Waals surface area contributed by atoms with Gasteiger partial charge in [-0.05, 0) is 29.8 Å². The van der Waals surface area contributed by atoms with Gasteiger partial charge in [0.1, 0.15) is 6.07 Å². The molecular weight excluding hydrogens is 344 g/mol. The highest BCUT2D eigenvalue weighted by Crippen LogP contribution is 2.33. The Morgan fingerprint density at radius 2 is 1.81 bits per heavy atom. The molecule has 0 bridgehead atoms. The van der Waals surface area contributed by atoms with Crippen molar-refractivity contribution in [1.82, 2.24) is 4.98 Å². The van der Waals surface area contributed by atoms with Gasteiger partial charge in [0, 0.05) is 15.1 Å². The van der Waals surface area contributed by atoms with Crippen molar-refractivity contribution in [1.29, 1.82) is 5.26 Å². The van der Waals surface area contributed by atoms with E-state index in [0.717, 1.165) is 25.7 Å². The summed E-state index contributed by atoms with van der Waals surface area (Å²) in [6.07, 6.45) is 0. The van der Waals surface area contributed by atoms with Crippen molar-refractivity contribution in [3.8, 4) is 17.3 Å². The third-order valence-corrected chi connectivity index (χ3v) is 4.51. The van der Waals surface area contributed by atoms with E-state index >= 15 is 0 Å². The van der Waals surface area contributed by atoms with Crippen LogP contribution in [0.4, 0.5) is 0 Å². The molecular formula is C17H11BrN2S. The minimum Gasteiger partial charge on any atom is -0.348 e. The molecule has 0 amide bonds. The highest BCUT2D eigenvalue weighted by atomic mass is 79.9. The summed E-state index contributed by atoms with van der Waals surface area (Å²) in [5.41, 5.74) is 2.71. The minimum absolute atomic E-state index is 0.666. The molecule has 0 unspecified atom stereocenters. The maximum Gasteiger partial charge on any atom is 0.102 e. The second-order valence-electron chi connectivity index (χ2n) is 4.46. The summed E-state index contributed by atoms with van der Waals surface area (Å²) < 4.78 is 1.03. The van der Waals surface area contributed by atoms with Crippen molar-refractivity contribution in [3.05, 3.63) is 70.7 Å². The second kappa shape index (κ2) is 6.21. The van der Waals surface area contributed by atoms with Crippen molar-refractivity contribution in [3.63, 3.8) is 0 Å². The zero-order valence-electron chi connectivity index (χ0n) is 11.0. The van der Waals surface area contributed by atoms with E-state index in [9.17, 15) is 5.26 Å². The Bertz CT molecular complexity index is 803. The van der Waals surface area contributed by atoms with E-state index in [-0.39, 0.29) is 0 Å². The van der Waals surface area contributed by atoms with Gasteiger partial charge in [-0.2, -0.15) is 5.26 Å². The minimum atomic E-state index is 0.666. The van der Waals surface area contributed by atoms with Crippen LogP contribution >= 0.6 is 27.7 Å². The van der Waals surface area contributed by atoms with Gasteiger partial charge in [0.2, 0.25) is 0 Å². The van der Waals surface area contributed by atoms with Gasteiger partial charge in [-0.3, -0.25) is 0 Å². The SMILES string of the molecule is N#Cc1cc(-c2ccccc2)[nH]c1Sc1cccc(Br)c1. The van der Waals surface area contributed by atoms with Crippen LogP contribution in [0.2, 0.25) is 0 Å². The van der Waals surface area contributed by atoms with Gasteiger partial charge in [0.15, 0.2) is 0 Å². The van der Waals surface area contributed by atoms with Gasteiger partial charge < -0.3 is 4.98 Å². The number of H-pyrrole nitrogens is 1. The van der Waals surface area contributed by atoms with E-state index in [1.54, 1.807) is 11.8 Å². The number of nitrogens with one attached hydrogen (secondary N) is 1. The topological polar surface area (TPSA) is 39.6 Å². The second-order valence-corrected chi connectivity index (χ2v) is 6.46. The molecule has 0 aliphatic heterocycles. The molecule has 0 radical (unpaired) electrons. The van der Waals surface area contributed by atoms with Crippen molar-refractivity contribution in [2.75, 3.05) is 0 Å². The molecule has 21 heavy (non-hydrogen) atoms. The summed E-state index contributed by atoms with van der Waals surface area (Å²) in [6, 6.07) is 22.2. The number of rotatable bonds is 3. The monoisotopic (exact) mass is 354 g/mol. The maximum absolute atomic E-state index is 9.32. The number of aromatic amines is 1. The van der Waals surface area contributed by atoms with Gasteiger partial charge in [-0.15, -0.1) is 0 Å². The first-order valence-corrected chi connectivity index (χ1v) is 7.99. The van der Waals surface area contributed by atoms with E-state index in [1.165, 1.54) is 0 Å². The van der Waals surface area contributed by atoms with E-state index in [2.05, 4.69) is 27.0 Å². The molecule has 0 aliphatic carbocycles. The molecule has 4 heteroatoms. The fraction of sp³-hybridized carbons (Fsp3) is 0. The Labute approximate surface area is 136 Å². The molecule has 1 heterocycles. The summed E-state index contributed by atoms with van der Waals surface area (Å²) in [7, 11) is 0. The lowest BCUT2D eigenvalue weighted by Gasteiger charge is -2.01. The van der Waals surface area contributed by atoms with Gasteiger partial charge in [-0.1, -0.05) is 64.1 Å². The fourth-order valence-corrected chi connectivity index (χ4v) is 3.52. The van der Waals surface area contributed by atoms with Crippen LogP contribution in [0, 0.1) is 11.3 Å². The zero-order chi connectivity index (χ0) is 14.7. The number of nitriles is 1. The number of halogens is 1. The Balaban J connectivity index is 1.96. The first-order valence-electron chi connectivity index (χ1n) is 6.38. The smallest absolute Gasteiger partial charge is 0.102 e. The van der Waals surface area contributed by atoms with Gasteiger partial charge >= 0.3 is 0 Å². The van der Waals surface area contributed by atoms with Gasteiger partial charge in [0.25, 0.3) is 0 Å². The van der Waals surface area contributed by atoms with Crippen LogP contribution in [-0.4, -0.2) is 4.98 Å². The molecule has 102 valence electrons. The average Bonchev–Trinajstić information content (AvgIpc) is 2.91. The molecule has 2 nitrogen and oxygen atoms in total. The molecule has 3 aromatic rings. The van der Waals surface area contributed by atoms with Crippen LogP contribution in [0.5, 0.6) is 0 Å². The van der Waals surface area contributed by atoms with Crippen LogP contribution in [0.15, 0.2) is 75.1 Å². The third kappa shape index (κ3) is 3.21. The first-order chi connectivity index (χ1) is 10.3. The predicted octanol–water partition coefficient (Wildman–Crippen LogP) is 5.47. The van der Waals surface area contributed by atoms with Gasteiger partial charge in [-0.25, -0.2) is 0 Å². The van der Waals surface area contributed by atoms with E-state index < -0.39 is 0 Å². The number of hydrogen-bond acceptors (Lipinski definition) is 2. The number of nitrogens with zero attached hydrogens (tertiary/aromatic N) is 1. The Kier molecular flexibility index (Phi) is 4.14. The lowest BCUT2D eigenvalue weighted by molar-refractivity contribution is 1.18. The van der Waals surface area contributed by atoms with Crippen LogP contribution in [0.1, 0.15) is 5.56 Å². The molecule has 0 saturated carbocycles. The Hall–Kier alpha value is -1.96. The standard InChI is InChI=1S/C17H11BrN2S/c18-14-7-4-8-15(10-14)21-17-13(11-19)9-16(20-17)12-5-2-1-3-6-12/h1-10,20H. The largest absolute Gasteiger partial charge is 0.348 e. The van der Waals surface area contributed by atoms with Crippen LogP contribution < -0.4 is 0 Å². The third-order valence-electron chi connectivity index (χ3n) is 3.00. The van der Waals surface area contributed by atoms with E-state index in [0.29, 0.717) is 5.56 Å². The van der Waals surface area contributed by atoms with Crippen molar-refractivity contribution < 1.29 is 0 Å². The van der Waals surface area contributed by atoms with Crippen molar-refractivity contribution in [2.45, 2.75) is 9.92 Å². The molecule has 3 rings (SSSR count). The molecule has 0 atom stereocenters. The van der Waals surface area contributed by atoms with E-state index in [4.69, 9.17) is 0 Å². The molecule has 1 aromatic heterocycles. The lowest BCUT2D eigenvalue weighted by Crippen LogP contribution is -1.79. The highest BCUT2D eigenvalue weighted by Gasteiger charge is 2.10. The number of aromatic nitrogens is 1. The molecule has 0 aliphatic rings. The van der Waals surface area contributed by atoms with Crippen LogP contribution in [0.3, 0.4) is 0 Å². The normalized spacial score (nSPS) is 10.3. The summed E-state index contributed by atoms with van der Waals surface area (Å²) in [6.45, 7) is 0. The quantitative estimate of drug-likeness (QED) is 0.677. The van der Waals surface area contributed by atoms with Crippen LogP contribution in [-0.2, 0) is 0 Å². The number of benzene rings is 2. The Morgan fingerprint density at radius 1 is 1.00 bits per heavy atom. The van der Waals surface area contributed by atoms with Crippen molar-refractivity contribution >= 4 is 27.7 Å². The molecule has 0 spiro atoms. The van der Waals surface area contributed by atoms with Crippen LogP contribution in [0.25, 0.3) is 11.3 Å². The average molecular weight is 355 g/mol. The molecule has 0 fully saturated rings. The summed E-state index contributed by atoms with van der Waals surface area (Å²) in [5, 5.41) is 10.2. The predicted molar refractivity (Wildman–Crippen MR) is 89.2 cm³/mol. The Morgan fingerprint density at radius 3 is 2.52 bits per heavy atom. The summed E-state index contributed by atoms with van der Waals surface area (Å²) in [4.78, 5) is 4.43. The fourth-order valence-electron chi connectivity index (χ4n) is 2.02.